The highest BCUT2D eigenvalue weighted by Crippen LogP contribution is 2.23. The van der Waals surface area contributed by atoms with Crippen molar-refractivity contribution in [2.24, 2.45) is 7.05 Å². The van der Waals surface area contributed by atoms with Gasteiger partial charge in [-0.15, -0.1) is 11.3 Å². The Morgan fingerprint density at radius 3 is 2.75 bits per heavy atom. The van der Waals surface area contributed by atoms with Crippen LogP contribution in [0.25, 0.3) is 10.2 Å². The van der Waals surface area contributed by atoms with Gasteiger partial charge in [0, 0.05) is 7.05 Å². The molecule has 2 aromatic heterocycles. The molecule has 1 N–H and O–H groups in total. The molecule has 1 aliphatic rings. The fraction of sp³-hybridized carbons (Fsp3) is 0.167. The van der Waals surface area contributed by atoms with E-state index in [-0.39, 0.29) is 18.0 Å². The molecule has 0 saturated heterocycles. The summed E-state index contributed by atoms with van der Waals surface area (Å²) >= 11 is 2.08. The number of nitrogens with one attached hydrogen (secondary N) is 1. The zero-order chi connectivity index (χ0) is 19.7. The van der Waals surface area contributed by atoms with Crippen molar-refractivity contribution in [3.05, 3.63) is 79.6 Å². The number of fused-ring (bicyclic) bond motifs is 1. The molecule has 28 heavy (non-hydrogen) atoms. The minimum Gasteiger partial charge on any atom is -0.453 e. The standard InChI is InChI=1S/C18H15N3O5S2/c1-20-16-13(7-14(27-16)17(23)25-10-12-8-19-28-26-12)15(22)21(18(20)24)9-11-5-3-2-4-6-11/h2-8,19H,9-10H2,1H3. The van der Waals surface area contributed by atoms with Gasteiger partial charge in [0.25, 0.3) is 5.56 Å². The van der Waals surface area contributed by atoms with Crippen molar-refractivity contribution >= 4 is 39.8 Å². The first kappa shape index (κ1) is 18.4. The van der Waals surface area contributed by atoms with E-state index in [2.05, 4.69) is 4.72 Å². The second-order valence-electron chi connectivity index (χ2n) is 6.02. The third kappa shape index (κ3) is 3.43. The Morgan fingerprint density at radius 2 is 2.04 bits per heavy atom. The highest BCUT2D eigenvalue weighted by Gasteiger charge is 2.19. The minimum atomic E-state index is -0.580. The van der Waals surface area contributed by atoms with E-state index in [9.17, 15) is 14.4 Å². The highest BCUT2D eigenvalue weighted by molar-refractivity contribution is 7.93. The van der Waals surface area contributed by atoms with Crippen molar-refractivity contribution < 1.29 is 13.7 Å². The molecule has 4 rings (SSSR count). The number of carbonyl (C=O) groups is 1. The van der Waals surface area contributed by atoms with Crippen molar-refractivity contribution in [2.75, 3.05) is 6.61 Å². The zero-order valence-corrected chi connectivity index (χ0v) is 16.3. The van der Waals surface area contributed by atoms with E-state index in [1.807, 2.05) is 30.3 Å². The van der Waals surface area contributed by atoms with Crippen LogP contribution in [0.1, 0.15) is 15.2 Å². The number of nitrogens with zero attached hydrogens (tertiary/aromatic N) is 2. The Morgan fingerprint density at radius 1 is 1.25 bits per heavy atom. The maximum atomic E-state index is 12.9. The average Bonchev–Trinajstić information content (AvgIpc) is 3.38. The number of rotatable bonds is 5. The van der Waals surface area contributed by atoms with Gasteiger partial charge in [-0.05, 0) is 11.6 Å². The van der Waals surface area contributed by atoms with Gasteiger partial charge in [0.2, 0.25) is 0 Å². The summed E-state index contributed by atoms with van der Waals surface area (Å²) in [5.41, 5.74) is -0.0253. The second kappa shape index (κ2) is 7.56. The predicted molar refractivity (Wildman–Crippen MR) is 107 cm³/mol. The molecule has 0 radical (unpaired) electrons. The molecular weight excluding hydrogens is 402 g/mol. The number of hydrogen-bond acceptors (Lipinski definition) is 8. The van der Waals surface area contributed by atoms with Gasteiger partial charge >= 0.3 is 11.7 Å². The Bertz CT molecular complexity index is 1190. The van der Waals surface area contributed by atoms with E-state index in [1.54, 1.807) is 13.2 Å². The maximum absolute atomic E-state index is 12.9. The van der Waals surface area contributed by atoms with Gasteiger partial charge in [0.1, 0.15) is 9.71 Å². The van der Waals surface area contributed by atoms with Gasteiger partial charge in [0.15, 0.2) is 24.6 Å². The molecule has 3 aromatic rings. The zero-order valence-electron chi connectivity index (χ0n) is 14.7. The number of benzene rings is 1. The molecule has 1 aromatic carbocycles. The first-order chi connectivity index (χ1) is 13.5. The van der Waals surface area contributed by atoms with Crippen LogP contribution in [-0.4, -0.2) is 21.7 Å². The summed E-state index contributed by atoms with van der Waals surface area (Å²) < 4.78 is 15.6. The first-order valence-electron chi connectivity index (χ1n) is 8.27. The first-order valence-corrected chi connectivity index (χ1v) is 9.83. The Labute approximate surface area is 167 Å². The lowest BCUT2D eigenvalue weighted by molar-refractivity contribution is 0.0519. The Balaban J connectivity index is 1.68. The fourth-order valence-corrected chi connectivity index (χ4v) is 4.18. The topological polar surface area (TPSA) is 91.6 Å². The molecule has 0 atom stereocenters. The summed E-state index contributed by atoms with van der Waals surface area (Å²) in [6.45, 7) is 0.137. The van der Waals surface area contributed by atoms with Crippen LogP contribution in [0.2, 0.25) is 0 Å². The molecule has 0 aliphatic carbocycles. The third-order valence-corrected chi connectivity index (χ3v) is 5.86. The lowest BCUT2D eigenvalue weighted by Crippen LogP contribution is -2.38. The lowest BCUT2D eigenvalue weighted by atomic mass is 10.2. The Kier molecular flexibility index (Phi) is 4.97. The SMILES string of the molecule is Cn1c(=O)n(Cc2ccccc2)c(=O)c2cc(C(=O)OCC3=CNSO3)sc21. The van der Waals surface area contributed by atoms with Crippen molar-refractivity contribution in [3.8, 4) is 0 Å². The minimum absolute atomic E-state index is 0.0236. The number of hydrogen-bond donors (Lipinski definition) is 1. The van der Waals surface area contributed by atoms with Crippen LogP contribution in [0.15, 0.2) is 57.9 Å². The summed E-state index contributed by atoms with van der Waals surface area (Å²) in [5.74, 6) is -0.0962. The van der Waals surface area contributed by atoms with Crippen molar-refractivity contribution in [1.29, 1.82) is 0 Å². The van der Waals surface area contributed by atoms with Gasteiger partial charge in [0.05, 0.1) is 18.1 Å². The monoisotopic (exact) mass is 417 g/mol. The number of esters is 1. The van der Waals surface area contributed by atoms with Gasteiger partial charge in [-0.25, -0.2) is 9.59 Å². The van der Waals surface area contributed by atoms with Crippen LogP contribution in [0, 0.1) is 0 Å². The van der Waals surface area contributed by atoms with E-state index in [4.69, 9.17) is 8.92 Å². The molecule has 0 spiro atoms. The van der Waals surface area contributed by atoms with Crippen molar-refractivity contribution in [1.82, 2.24) is 13.9 Å². The molecule has 0 fully saturated rings. The smallest absolute Gasteiger partial charge is 0.348 e. The van der Waals surface area contributed by atoms with Gasteiger partial charge in [-0.1, -0.05) is 30.3 Å². The molecule has 0 bridgehead atoms. The van der Waals surface area contributed by atoms with Gasteiger partial charge in [-0.2, -0.15) is 0 Å². The largest absolute Gasteiger partial charge is 0.453 e. The van der Waals surface area contributed by atoms with Crippen LogP contribution in [-0.2, 0) is 22.5 Å². The summed E-state index contributed by atoms with van der Waals surface area (Å²) in [5, 5.41) is 0.309. The molecule has 0 saturated carbocycles. The van der Waals surface area contributed by atoms with Crippen LogP contribution < -0.4 is 16.0 Å². The van der Waals surface area contributed by atoms with E-state index >= 15 is 0 Å². The van der Waals surface area contributed by atoms with Crippen LogP contribution >= 0.6 is 23.6 Å². The summed E-state index contributed by atoms with van der Waals surface area (Å²) in [6, 6.07) is 10.7. The van der Waals surface area contributed by atoms with Gasteiger partial charge < -0.3 is 8.92 Å². The number of ether oxygens (including phenoxy) is 1. The molecule has 144 valence electrons. The average molecular weight is 417 g/mol. The van der Waals surface area contributed by atoms with E-state index in [0.29, 0.717) is 16.0 Å². The normalized spacial score (nSPS) is 13.1. The van der Waals surface area contributed by atoms with E-state index in [1.165, 1.54) is 15.2 Å². The highest BCUT2D eigenvalue weighted by atomic mass is 32.2. The number of aromatic nitrogens is 2. The summed E-state index contributed by atoms with van der Waals surface area (Å²) in [7, 11) is 1.58. The van der Waals surface area contributed by atoms with Crippen molar-refractivity contribution in [3.63, 3.8) is 0 Å². The molecule has 3 heterocycles. The number of aryl methyl sites for hydroxylation is 1. The van der Waals surface area contributed by atoms with E-state index in [0.717, 1.165) is 29.1 Å². The third-order valence-electron chi connectivity index (χ3n) is 4.16. The molecule has 1 aliphatic heterocycles. The van der Waals surface area contributed by atoms with Crippen molar-refractivity contribution in [2.45, 2.75) is 6.54 Å². The van der Waals surface area contributed by atoms with Crippen LogP contribution in [0.4, 0.5) is 0 Å². The summed E-state index contributed by atoms with van der Waals surface area (Å²) in [6.07, 6.45) is 1.59. The number of carbonyl (C=O) groups excluding carboxylic acids is 1. The lowest BCUT2D eigenvalue weighted by Gasteiger charge is -2.08. The molecule has 0 amide bonds. The van der Waals surface area contributed by atoms with Crippen LogP contribution in [0.5, 0.6) is 0 Å². The second-order valence-corrected chi connectivity index (χ2v) is 7.62. The molecule has 8 nitrogen and oxygen atoms in total. The fourth-order valence-electron chi connectivity index (χ4n) is 2.75. The predicted octanol–water partition coefficient (Wildman–Crippen LogP) is 1.99. The Hall–Kier alpha value is -2.98. The maximum Gasteiger partial charge on any atom is 0.348 e. The molecule has 0 unspecified atom stereocenters. The summed E-state index contributed by atoms with van der Waals surface area (Å²) in [4.78, 5) is 38.6. The number of thiophene rings is 1. The van der Waals surface area contributed by atoms with Crippen LogP contribution in [0.3, 0.4) is 0 Å². The molecular formula is C18H15N3O5S2. The van der Waals surface area contributed by atoms with E-state index < -0.39 is 17.2 Å². The molecule has 10 heteroatoms. The quantitative estimate of drug-likeness (QED) is 0.386. The van der Waals surface area contributed by atoms with Gasteiger partial charge in [-0.3, -0.25) is 18.7 Å².